The molecule has 2 heteroatoms. The minimum Gasteiger partial charge on any atom is -0.395 e. The molecule has 1 N–H and O–H groups in total. The molecule has 0 aliphatic heterocycles. The van der Waals surface area contributed by atoms with Gasteiger partial charge in [-0.15, -0.1) is 0 Å². The van der Waals surface area contributed by atoms with Crippen molar-refractivity contribution < 1.29 is 9.90 Å². The maximum atomic E-state index is 11.1. The number of aliphatic hydroxyl groups excluding tert-OH is 1. The van der Waals surface area contributed by atoms with Gasteiger partial charge in [-0.1, -0.05) is 13.8 Å². The van der Waals surface area contributed by atoms with Crippen molar-refractivity contribution >= 4 is 5.78 Å². The van der Waals surface area contributed by atoms with Gasteiger partial charge in [-0.25, -0.2) is 0 Å². The van der Waals surface area contributed by atoms with E-state index in [9.17, 15) is 4.79 Å². The van der Waals surface area contributed by atoms with E-state index in [2.05, 4.69) is 0 Å². The Bertz CT molecular complexity index is 147. The molecule has 1 unspecified atom stereocenters. The van der Waals surface area contributed by atoms with Crippen LogP contribution >= 0.6 is 0 Å². The summed E-state index contributed by atoms with van der Waals surface area (Å²) in [5.41, 5.74) is -0.361. The molecule has 0 spiro atoms. The summed E-state index contributed by atoms with van der Waals surface area (Å²) in [6.45, 7) is 4.02. The van der Waals surface area contributed by atoms with Gasteiger partial charge >= 0.3 is 0 Å². The largest absolute Gasteiger partial charge is 0.395 e. The molecule has 1 rings (SSSR count). The Morgan fingerprint density at radius 2 is 2.30 bits per heavy atom. The van der Waals surface area contributed by atoms with E-state index in [1.807, 2.05) is 13.8 Å². The second-order valence-corrected chi connectivity index (χ2v) is 3.39. The number of carbonyl (C=O) groups excluding carboxylic acids is 1. The molecule has 1 aliphatic rings. The molecule has 1 aliphatic carbocycles. The predicted molar refractivity (Wildman–Crippen MR) is 38.6 cm³/mol. The van der Waals surface area contributed by atoms with Crippen molar-refractivity contribution in [3.8, 4) is 0 Å². The summed E-state index contributed by atoms with van der Waals surface area (Å²) >= 11 is 0. The highest BCUT2D eigenvalue weighted by Crippen LogP contribution is 2.42. The number of rotatable bonds is 2. The van der Waals surface area contributed by atoms with Crippen LogP contribution < -0.4 is 0 Å². The van der Waals surface area contributed by atoms with Crippen molar-refractivity contribution in [3.63, 3.8) is 0 Å². The quantitative estimate of drug-likeness (QED) is 0.624. The maximum absolute atomic E-state index is 11.1. The lowest BCUT2D eigenvalue weighted by molar-refractivity contribution is -0.146. The van der Waals surface area contributed by atoms with Gasteiger partial charge in [0.25, 0.3) is 0 Å². The van der Waals surface area contributed by atoms with Crippen LogP contribution in [0.25, 0.3) is 0 Å². The Morgan fingerprint density at radius 1 is 1.70 bits per heavy atom. The van der Waals surface area contributed by atoms with Crippen LogP contribution in [0.4, 0.5) is 0 Å². The van der Waals surface area contributed by atoms with Gasteiger partial charge in [-0.2, -0.15) is 0 Å². The Morgan fingerprint density at radius 3 is 2.30 bits per heavy atom. The summed E-state index contributed by atoms with van der Waals surface area (Å²) in [6.07, 6.45) is 1.54. The number of hydrogen-bond acceptors (Lipinski definition) is 2. The molecular formula is C8H14O2. The Balaban J connectivity index is 2.69. The van der Waals surface area contributed by atoms with E-state index in [0.29, 0.717) is 12.3 Å². The summed E-state index contributed by atoms with van der Waals surface area (Å²) in [6, 6.07) is 0. The standard InChI is InChI=1S/C8H14O2/c1-6(2)8(5-9)4-3-7(8)10/h6,9H,3-5H2,1-2H3. The van der Waals surface area contributed by atoms with Crippen molar-refractivity contribution in [1.82, 2.24) is 0 Å². The van der Waals surface area contributed by atoms with Crippen molar-refractivity contribution in [2.24, 2.45) is 11.3 Å². The zero-order valence-corrected chi connectivity index (χ0v) is 6.55. The highest BCUT2D eigenvalue weighted by Gasteiger charge is 2.47. The first-order chi connectivity index (χ1) is 4.63. The Kier molecular flexibility index (Phi) is 1.82. The third-order valence-electron chi connectivity index (χ3n) is 2.74. The first kappa shape index (κ1) is 7.73. The van der Waals surface area contributed by atoms with Gasteiger partial charge in [0.15, 0.2) is 0 Å². The third kappa shape index (κ3) is 0.788. The lowest BCUT2D eigenvalue weighted by atomic mass is 9.61. The van der Waals surface area contributed by atoms with Gasteiger partial charge in [0, 0.05) is 6.42 Å². The molecule has 0 bridgehead atoms. The molecule has 0 aromatic rings. The first-order valence-corrected chi connectivity index (χ1v) is 3.77. The Labute approximate surface area is 61.2 Å². The molecule has 1 fully saturated rings. The van der Waals surface area contributed by atoms with Gasteiger partial charge in [0.05, 0.1) is 12.0 Å². The third-order valence-corrected chi connectivity index (χ3v) is 2.74. The molecule has 0 aromatic heterocycles. The van der Waals surface area contributed by atoms with Crippen LogP contribution in [0.2, 0.25) is 0 Å². The zero-order chi connectivity index (χ0) is 7.78. The fourth-order valence-electron chi connectivity index (χ4n) is 1.51. The molecule has 1 atom stereocenters. The highest BCUT2D eigenvalue weighted by molar-refractivity contribution is 5.90. The maximum Gasteiger partial charge on any atom is 0.141 e. The lowest BCUT2D eigenvalue weighted by Crippen LogP contribution is -2.47. The van der Waals surface area contributed by atoms with Gasteiger partial charge in [0.2, 0.25) is 0 Å². The van der Waals surface area contributed by atoms with E-state index in [1.54, 1.807) is 0 Å². The van der Waals surface area contributed by atoms with Crippen molar-refractivity contribution in [2.75, 3.05) is 6.61 Å². The fourth-order valence-corrected chi connectivity index (χ4v) is 1.51. The minimum atomic E-state index is -0.361. The average Bonchev–Trinajstić information content (AvgIpc) is 1.86. The van der Waals surface area contributed by atoms with Crippen LogP contribution in [0.15, 0.2) is 0 Å². The highest BCUT2D eigenvalue weighted by atomic mass is 16.3. The van der Waals surface area contributed by atoms with Crippen LogP contribution in [0.3, 0.4) is 0 Å². The lowest BCUT2D eigenvalue weighted by Gasteiger charge is -2.41. The van der Waals surface area contributed by atoms with Gasteiger partial charge in [-0.05, 0) is 12.3 Å². The molecular weight excluding hydrogens is 128 g/mol. The number of ketones is 1. The number of Topliss-reactive ketones (excluding diaryl/α,β-unsaturated/α-hetero) is 1. The van der Waals surface area contributed by atoms with Crippen LogP contribution in [0, 0.1) is 11.3 Å². The van der Waals surface area contributed by atoms with Gasteiger partial charge in [0.1, 0.15) is 5.78 Å². The molecule has 0 amide bonds. The van der Waals surface area contributed by atoms with Gasteiger partial charge < -0.3 is 5.11 Å². The molecule has 1 saturated carbocycles. The summed E-state index contributed by atoms with van der Waals surface area (Å²) in [5, 5.41) is 8.96. The predicted octanol–water partition coefficient (Wildman–Crippen LogP) is 0.984. The fraction of sp³-hybridized carbons (Fsp3) is 0.875. The monoisotopic (exact) mass is 142 g/mol. The summed E-state index contributed by atoms with van der Waals surface area (Å²) in [5.74, 6) is 0.531. The van der Waals surface area contributed by atoms with E-state index < -0.39 is 0 Å². The van der Waals surface area contributed by atoms with Crippen molar-refractivity contribution in [3.05, 3.63) is 0 Å². The summed E-state index contributed by atoms with van der Waals surface area (Å²) < 4.78 is 0. The number of aliphatic hydroxyl groups is 1. The van der Waals surface area contributed by atoms with Crippen LogP contribution in [-0.4, -0.2) is 17.5 Å². The molecule has 0 aromatic carbocycles. The SMILES string of the molecule is CC(C)C1(CO)CCC1=O. The molecule has 0 radical (unpaired) electrons. The van der Waals surface area contributed by atoms with E-state index >= 15 is 0 Å². The smallest absolute Gasteiger partial charge is 0.141 e. The van der Waals surface area contributed by atoms with E-state index in [1.165, 1.54) is 0 Å². The van der Waals surface area contributed by atoms with E-state index in [-0.39, 0.29) is 17.8 Å². The molecule has 58 valence electrons. The number of hydrogen-bond donors (Lipinski definition) is 1. The number of carbonyl (C=O) groups is 1. The first-order valence-electron chi connectivity index (χ1n) is 3.77. The summed E-state index contributed by atoms with van der Waals surface area (Å²) in [4.78, 5) is 11.1. The van der Waals surface area contributed by atoms with Crippen LogP contribution in [0.1, 0.15) is 26.7 Å². The average molecular weight is 142 g/mol. The topological polar surface area (TPSA) is 37.3 Å². The summed E-state index contributed by atoms with van der Waals surface area (Å²) in [7, 11) is 0. The minimum absolute atomic E-state index is 0.0312. The van der Waals surface area contributed by atoms with E-state index in [4.69, 9.17) is 5.11 Å². The Hall–Kier alpha value is -0.370. The molecule has 2 nitrogen and oxygen atoms in total. The molecule has 0 heterocycles. The normalized spacial score (nSPS) is 32.6. The van der Waals surface area contributed by atoms with E-state index in [0.717, 1.165) is 6.42 Å². The van der Waals surface area contributed by atoms with Crippen molar-refractivity contribution in [2.45, 2.75) is 26.7 Å². The van der Waals surface area contributed by atoms with Crippen LogP contribution in [-0.2, 0) is 4.79 Å². The van der Waals surface area contributed by atoms with Crippen molar-refractivity contribution in [1.29, 1.82) is 0 Å². The zero-order valence-electron chi connectivity index (χ0n) is 6.55. The molecule has 10 heavy (non-hydrogen) atoms. The molecule has 0 saturated heterocycles. The van der Waals surface area contributed by atoms with Gasteiger partial charge in [-0.3, -0.25) is 4.79 Å². The van der Waals surface area contributed by atoms with Crippen LogP contribution in [0.5, 0.6) is 0 Å². The second kappa shape index (κ2) is 2.35. The second-order valence-electron chi connectivity index (χ2n) is 3.39.